The van der Waals surface area contributed by atoms with Crippen molar-refractivity contribution in [1.82, 2.24) is 4.90 Å². The number of fused-ring (bicyclic) bond motifs is 1. The molecule has 0 spiro atoms. The third kappa shape index (κ3) is 2.73. The quantitative estimate of drug-likeness (QED) is 0.846. The van der Waals surface area contributed by atoms with Crippen molar-refractivity contribution in [2.75, 3.05) is 19.7 Å². The van der Waals surface area contributed by atoms with Crippen LogP contribution in [0.4, 0.5) is 0 Å². The molecule has 0 saturated carbocycles. The van der Waals surface area contributed by atoms with Crippen molar-refractivity contribution in [2.45, 2.75) is 31.8 Å². The molecule has 6 heteroatoms. The van der Waals surface area contributed by atoms with Gasteiger partial charge >= 0.3 is 0 Å². The van der Waals surface area contributed by atoms with E-state index in [1.54, 1.807) is 11.3 Å². The Kier molecular flexibility index (Phi) is 4.05. The second-order valence-corrected chi connectivity index (χ2v) is 6.89. The summed E-state index contributed by atoms with van der Waals surface area (Å²) in [7, 11) is 0. The molecule has 2 aliphatic rings. The van der Waals surface area contributed by atoms with Crippen LogP contribution in [0.15, 0.2) is 6.07 Å². The van der Waals surface area contributed by atoms with Gasteiger partial charge in [-0.05, 0) is 37.3 Å². The highest BCUT2D eigenvalue weighted by molar-refractivity contribution is 7.80. The van der Waals surface area contributed by atoms with Crippen LogP contribution in [-0.4, -0.2) is 41.6 Å². The fraction of sp³-hybridized carbons (Fsp3) is 0.571. The maximum atomic E-state index is 12.6. The molecule has 1 aliphatic heterocycles. The Bertz CT molecular complexity index is 518. The summed E-state index contributed by atoms with van der Waals surface area (Å²) in [4.78, 5) is 17.0. The van der Waals surface area contributed by atoms with E-state index in [0.717, 1.165) is 17.7 Å². The lowest BCUT2D eigenvalue weighted by molar-refractivity contribution is 0.00903. The third-order valence-electron chi connectivity index (χ3n) is 3.88. The summed E-state index contributed by atoms with van der Waals surface area (Å²) in [5.41, 5.74) is 6.98. The first kappa shape index (κ1) is 14.0. The highest BCUT2D eigenvalue weighted by atomic mass is 32.1. The molecule has 0 bridgehead atoms. The Morgan fingerprint density at radius 3 is 3.00 bits per heavy atom. The van der Waals surface area contributed by atoms with Gasteiger partial charge in [0.15, 0.2) is 0 Å². The Labute approximate surface area is 127 Å². The van der Waals surface area contributed by atoms with Crippen molar-refractivity contribution >= 4 is 34.5 Å². The number of rotatable bonds is 2. The number of carbonyl (C=O) groups excluding carboxylic acids is 1. The first-order valence-corrected chi connectivity index (χ1v) is 8.19. The summed E-state index contributed by atoms with van der Waals surface area (Å²) < 4.78 is 5.48. The lowest BCUT2D eigenvalue weighted by Crippen LogP contribution is -2.49. The molecule has 1 aliphatic carbocycles. The Hall–Kier alpha value is -0.980. The monoisotopic (exact) mass is 310 g/mol. The molecular weight excluding hydrogens is 292 g/mol. The maximum Gasteiger partial charge on any atom is 0.264 e. The van der Waals surface area contributed by atoms with Crippen LogP contribution in [0.25, 0.3) is 0 Å². The first-order chi connectivity index (χ1) is 9.65. The number of carbonyl (C=O) groups is 1. The molecule has 0 aromatic carbocycles. The van der Waals surface area contributed by atoms with Gasteiger partial charge in [-0.1, -0.05) is 12.2 Å². The molecule has 1 aromatic rings. The molecule has 20 heavy (non-hydrogen) atoms. The van der Waals surface area contributed by atoms with Gasteiger partial charge in [0.05, 0.1) is 18.0 Å². The number of aryl methyl sites for hydroxylation is 2. The van der Waals surface area contributed by atoms with E-state index in [2.05, 4.69) is 6.07 Å². The predicted octanol–water partition coefficient (Wildman–Crippen LogP) is 1.75. The van der Waals surface area contributed by atoms with Crippen molar-refractivity contribution in [1.29, 1.82) is 0 Å². The van der Waals surface area contributed by atoms with Crippen LogP contribution in [0.2, 0.25) is 0 Å². The third-order valence-corrected chi connectivity index (χ3v) is 5.37. The van der Waals surface area contributed by atoms with E-state index in [1.807, 2.05) is 4.90 Å². The van der Waals surface area contributed by atoms with Crippen molar-refractivity contribution in [3.8, 4) is 0 Å². The standard InChI is InChI=1S/C14H18N2O2S2/c15-13(19)10-8-16(5-6-18-10)14(17)12-7-9-3-1-2-4-11(9)20-12/h7,10H,1-6,8H2,(H2,15,19). The zero-order valence-corrected chi connectivity index (χ0v) is 12.9. The minimum Gasteiger partial charge on any atom is -0.391 e. The largest absolute Gasteiger partial charge is 0.391 e. The zero-order valence-electron chi connectivity index (χ0n) is 11.3. The van der Waals surface area contributed by atoms with Crippen molar-refractivity contribution in [2.24, 2.45) is 5.73 Å². The van der Waals surface area contributed by atoms with Crippen LogP contribution in [0.1, 0.15) is 33.0 Å². The highest BCUT2D eigenvalue weighted by Gasteiger charge is 2.28. The van der Waals surface area contributed by atoms with E-state index >= 15 is 0 Å². The number of amides is 1. The Balaban J connectivity index is 1.75. The minimum absolute atomic E-state index is 0.0916. The second kappa shape index (κ2) is 5.79. The van der Waals surface area contributed by atoms with E-state index < -0.39 is 0 Å². The molecule has 2 N–H and O–H groups in total. The van der Waals surface area contributed by atoms with Gasteiger partial charge in [-0.3, -0.25) is 4.79 Å². The molecule has 1 amide bonds. The molecule has 1 unspecified atom stereocenters. The van der Waals surface area contributed by atoms with Crippen LogP contribution in [-0.2, 0) is 17.6 Å². The zero-order chi connectivity index (χ0) is 14.1. The molecule has 4 nitrogen and oxygen atoms in total. The van der Waals surface area contributed by atoms with E-state index in [1.165, 1.54) is 23.3 Å². The lowest BCUT2D eigenvalue weighted by Gasteiger charge is -2.32. The van der Waals surface area contributed by atoms with E-state index in [0.29, 0.717) is 24.7 Å². The summed E-state index contributed by atoms with van der Waals surface area (Å²) in [5.74, 6) is 0.0916. The van der Waals surface area contributed by atoms with Gasteiger partial charge in [-0.2, -0.15) is 0 Å². The average Bonchev–Trinajstić information content (AvgIpc) is 2.90. The Morgan fingerprint density at radius 1 is 1.45 bits per heavy atom. The molecule has 1 atom stereocenters. The van der Waals surface area contributed by atoms with Crippen molar-refractivity contribution < 1.29 is 9.53 Å². The predicted molar refractivity (Wildman–Crippen MR) is 83.4 cm³/mol. The lowest BCUT2D eigenvalue weighted by atomic mass is 9.99. The van der Waals surface area contributed by atoms with E-state index in [9.17, 15) is 4.79 Å². The number of nitrogens with two attached hydrogens (primary N) is 1. The first-order valence-electron chi connectivity index (χ1n) is 6.97. The van der Waals surface area contributed by atoms with E-state index in [4.69, 9.17) is 22.7 Å². The van der Waals surface area contributed by atoms with Crippen molar-refractivity contribution in [3.63, 3.8) is 0 Å². The average molecular weight is 310 g/mol. The molecule has 2 heterocycles. The van der Waals surface area contributed by atoms with Gasteiger partial charge in [-0.25, -0.2) is 0 Å². The van der Waals surface area contributed by atoms with E-state index in [-0.39, 0.29) is 12.0 Å². The summed E-state index contributed by atoms with van der Waals surface area (Å²) in [6.07, 6.45) is 4.39. The van der Waals surface area contributed by atoms with Crippen LogP contribution < -0.4 is 5.73 Å². The van der Waals surface area contributed by atoms with Crippen LogP contribution in [0.3, 0.4) is 0 Å². The molecule has 0 radical (unpaired) electrons. The van der Waals surface area contributed by atoms with Gasteiger partial charge in [0, 0.05) is 11.4 Å². The summed E-state index contributed by atoms with van der Waals surface area (Å²) in [6.45, 7) is 1.58. The number of hydrogen-bond acceptors (Lipinski definition) is 4. The number of thiocarbonyl (C=S) groups is 1. The molecular formula is C14H18N2O2S2. The number of morpholine rings is 1. The fourth-order valence-corrected chi connectivity index (χ4v) is 4.12. The summed E-state index contributed by atoms with van der Waals surface area (Å²) in [6, 6.07) is 2.08. The topological polar surface area (TPSA) is 55.6 Å². The van der Waals surface area contributed by atoms with Crippen LogP contribution in [0.5, 0.6) is 0 Å². The van der Waals surface area contributed by atoms with Gasteiger partial charge in [0.2, 0.25) is 0 Å². The summed E-state index contributed by atoms with van der Waals surface area (Å²) in [5, 5.41) is 0. The normalized spacial score (nSPS) is 22.4. The van der Waals surface area contributed by atoms with Gasteiger partial charge in [-0.15, -0.1) is 11.3 Å². The number of hydrogen-bond donors (Lipinski definition) is 1. The smallest absolute Gasteiger partial charge is 0.264 e. The number of thiophene rings is 1. The molecule has 1 saturated heterocycles. The van der Waals surface area contributed by atoms with Gasteiger partial charge < -0.3 is 15.4 Å². The van der Waals surface area contributed by atoms with Crippen LogP contribution in [0, 0.1) is 0 Å². The molecule has 3 rings (SSSR count). The molecule has 108 valence electrons. The van der Waals surface area contributed by atoms with Crippen molar-refractivity contribution in [3.05, 3.63) is 21.4 Å². The summed E-state index contributed by atoms with van der Waals surface area (Å²) >= 11 is 6.61. The van der Waals surface area contributed by atoms with Gasteiger partial charge in [0.25, 0.3) is 5.91 Å². The molecule has 1 aromatic heterocycles. The van der Waals surface area contributed by atoms with Gasteiger partial charge in [0.1, 0.15) is 11.1 Å². The minimum atomic E-state index is -0.308. The highest BCUT2D eigenvalue weighted by Crippen LogP contribution is 2.30. The fourth-order valence-electron chi connectivity index (χ4n) is 2.76. The Morgan fingerprint density at radius 2 is 2.25 bits per heavy atom. The number of nitrogens with zero attached hydrogens (tertiary/aromatic N) is 1. The molecule has 1 fully saturated rings. The SMILES string of the molecule is NC(=S)C1CN(C(=O)c2cc3c(s2)CCCC3)CCO1. The number of ether oxygens (including phenoxy) is 1. The van der Waals surface area contributed by atoms with Crippen LogP contribution >= 0.6 is 23.6 Å². The maximum absolute atomic E-state index is 12.6. The second-order valence-electron chi connectivity index (χ2n) is 5.28.